The third-order valence-electron chi connectivity index (χ3n) is 2.45. The van der Waals surface area contributed by atoms with Gasteiger partial charge in [0.1, 0.15) is 24.4 Å². The number of hydrogen-bond acceptors (Lipinski definition) is 7. The van der Waals surface area contributed by atoms with Gasteiger partial charge in [-0.3, -0.25) is 4.79 Å². The van der Waals surface area contributed by atoms with E-state index in [-0.39, 0.29) is 12.2 Å². The van der Waals surface area contributed by atoms with Crippen molar-refractivity contribution in [2.24, 2.45) is 5.92 Å². The molecule has 0 amide bonds. The van der Waals surface area contributed by atoms with Crippen molar-refractivity contribution in [3.05, 3.63) is 0 Å². The van der Waals surface area contributed by atoms with E-state index >= 15 is 0 Å². The van der Waals surface area contributed by atoms with Crippen molar-refractivity contribution in [3.63, 3.8) is 0 Å². The highest BCUT2D eigenvalue weighted by Gasteiger charge is 2.29. The minimum absolute atomic E-state index is 0.0258. The van der Waals surface area contributed by atoms with Crippen molar-refractivity contribution < 1.29 is 40.2 Å². The minimum atomic E-state index is -1.79. The summed E-state index contributed by atoms with van der Waals surface area (Å²) in [6.45, 7) is 2.80. The van der Waals surface area contributed by atoms with Gasteiger partial charge in [0.05, 0.1) is 12.5 Å². The van der Waals surface area contributed by atoms with Crippen LogP contribution in [0.5, 0.6) is 0 Å². The minimum Gasteiger partial charge on any atom is -0.481 e. The lowest BCUT2D eigenvalue weighted by Crippen LogP contribution is -2.46. The summed E-state index contributed by atoms with van der Waals surface area (Å²) in [5.74, 6) is -0.887. The molecular weight excluding hydrogens is 260 g/mol. The Labute approximate surface area is 110 Å². The number of aliphatic carboxylic acids is 1. The van der Waals surface area contributed by atoms with Crippen LogP contribution in [0.1, 0.15) is 20.3 Å². The molecule has 0 fully saturated rings. The summed E-state index contributed by atoms with van der Waals surface area (Å²) in [6.07, 6.45) is -6.12. The van der Waals surface area contributed by atoms with Gasteiger partial charge in [-0.15, -0.1) is 0 Å². The van der Waals surface area contributed by atoms with Gasteiger partial charge in [0.25, 0.3) is 0 Å². The van der Waals surface area contributed by atoms with Crippen LogP contribution in [0.2, 0.25) is 0 Å². The van der Waals surface area contributed by atoms with E-state index in [4.69, 9.17) is 30.6 Å². The lowest BCUT2D eigenvalue weighted by atomic mass is 10.0. The summed E-state index contributed by atoms with van der Waals surface area (Å²) < 4.78 is 0. The third kappa shape index (κ3) is 8.62. The number of aliphatic hydroxyl groups is 5. The van der Waals surface area contributed by atoms with Gasteiger partial charge in [0.2, 0.25) is 0 Å². The molecule has 0 aliphatic rings. The van der Waals surface area contributed by atoms with Crippen LogP contribution in [0, 0.1) is 5.92 Å². The molecule has 0 spiro atoms. The summed E-state index contributed by atoms with van der Waals surface area (Å²) in [5.41, 5.74) is 0. The van der Waals surface area contributed by atoms with E-state index in [0.29, 0.717) is 0 Å². The van der Waals surface area contributed by atoms with Crippen LogP contribution < -0.4 is 0 Å². The van der Waals surface area contributed by atoms with Crippen LogP contribution in [-0.2, 0) is 9.59 Å². The first kappa shape index (κ1) is 20.3. The van der Waals surface area contributed by atoms with Crippen LogP contribution in [0.25, 0.3) is 0 Å². The van der Waals surface area contributed by atoms with E-state index in [2.05, 4.69) is 0 Å². The fourth-order valence-corrected chi connectivity index (χ4v) is 0.793. The molecular formula is C11H22O8. The molecule has 5 unspecified atom stereocenters. The molecule has 6 N–H and O–H groups in total. The molecule has 0 radical (unpaired) electrons. The van der Waals surface area contributed by atoms with E-state index < -0.39 is 37.0 Å². The molecule has 0 saturated carbocycles. The van der Waals surface area contributed by atoms with E-state index in [9.17, 15) is 9.59 Å². The Morgan fingerprint density at radius 1 is 1.16 bits per heavy atom. The predicted molar refractivity (Wildman–Crippen MR) is 64.3 cm³/mol. The van der Waals surface area contributed by atoms with Gasteiger partial charge in [-0.05, 0) is 6.42 Å². The van der Waals surface area contributed by atoms with Gasteiger partial charge in [-0.1, -0.05) is 13.8 Å². The summed E-state index contributed by atoms with van der Waals surface area (Å²) in [7, 11) is 0. The number of carbonyl (C=O) groups is 2. The van der Waals surface area contributed by atoms with E-state index in [1.807, 2.05) is 6.92 Å². The maximum absolute atomic E-state index is 9.93. The quantitative estimate of drug-likeness (QED) is 0.286. The second kappa shape index (κ2) is 10.8. The topological polar surface area (TPSA) is 156 Å². The summed E-state index contributed by atoms with van der Waals surface area (Å²) in [4.78, 5) is 19.8. The molecule has 8 nitrogen and oxygen atoms in total. The molecule has 114 valence electrons. The van der Waals surface area contributed by atoms with Crippen LogP contribution in [0.4, 0.5) is 0 Å². The van der Waals surface area contributed by atoms with E-state index in [1.165, 1.54) is 0 Å². The first-order chi connectivity index (χ1) is 8.72. The van der Waals surface area contributed by atoms with Crippen LogP contribution >= 0.6 is 0 Å². The fourth-order valence-electron chi connectivity index (χ4n) is 0.793. The van der Waals surface area contributed by atoms with Gasteiger partial charge in [0.15, 0.2) is 6.29 Å². The number of aldehydes is 1. The Bertz CT molecular complexity index is 257. The highest BCUT2D eigenvalue weighted by atomic mass is 16.4. The number of carboxylic acids is 1. The second-order valence-corrected chi connectivity index (χ2v) is 4.01. The standard InChI is InChI=1S/C6H12O6.C5H10O2/c7-1-3(9)5(11)6(12)4(10)2-8;1-3-4(2)5(6)7/h1,3-6,8-12H,2H2;4H,3H2,1-2H3,(H,6,7). The molecule has 8 heteroatoms. The molecule has 5 atom stereocenters. The highest BCUT2D eigenvalue weighted by Crippen LogP contribution is 2.02. The predicted octanol–water partition coefficient (Wildman–Crippen LogP) is -2.26. The van der Waals surface area contributed by atoms with Crippen LogP contribution in [0.15, 0.2) is 0 Å². The van der Waals surface area contributed by atoms with Gasteiger partial charge >= 0.3 is 5.97 Å². The van der Waals surface area contributed by atoms with Crippen molar-refractivity contribution in [1.82, 2.24) is 0 Å². The largest absolute Gasteiger partial charge is 0.481 e. The zero-order valence-electron chi connectivity index (χ0n) is 10.9. The molecule has 0 aromatic carbocycles. The lowest BCUT2D eigenvalue weighted by molar-refractivity contribution is -0.141. The Morgan fingerprint density at radius 3 is 1.84 bits per heavy atom. The molecule has 19 heavy (non-hydrogen) atoms. The van der Waals surface area contributed by atoms with Crippen molar-refractivity contribution in [3.8, 4) is 0 Å². The SMILES string of the molecule is CCC(C)C(=O)O.O=CC(O)C(O)C(O)C(O)CO. The third-order valence-corrected chi connectivity index (χ3v) is 2.45. The monoisotopic (exact) mass is 282 g/mol. The smallest absolute Gasteiger partial charge is 0.306 e. The zero-order valence-corrected chi connectivity index (χ0v) is 10.9. The number of rotatable bonds is 7. The summed E-state index contributed by atoms with van der Waals surface area (Å²) >= 11 is 0. The Morgan fingerprint density at radius 2 is 1.63 bits per heavy atom. The fraction of sp³-hybridized carbons (Fsp3) is 0.818. The van der Waals surface area contributed by atoms with Crippen molar-refractivity contribution in [2.75, 3.05) is 6.61 Å². The van der Waals surface area contributed by atoms with E-state index in [1.54, 1.807) is 6.92 Å². The van der Waals surface area contributed by atoms with Crippen molar-refractivity contribution in [1.29, 1.82) is 0 Å². The number of carbonyl (C=O) groups excluding carboxylic acids is 1. The number of hydrogen-bond donors (Lipinski definition) is 6. The molecule has 0 aromatic rings. The first-order valence-corrected chi connectivity index (χ1v) is 5.74. The van der Waals surface area contributed by atoms with Gasteiger partial charge in [0, 0.05) is 0 Å². The molecule has 0 saturated heterocycles. The van der Waals surface area contributed by atoms with Crippen molar-refractivity contribution >= 4 is 12.3 Å². The number of aliphatic hydroxyl groups excluding tert-OH is 5. The highest BCUT2D eigenvalue weighted by molar-refractivity contribution is 5.69. The second-order valence-electron chi connectivity index (χ2n) is 4.01. The van der Waals surface area contributed by atoms with Crippen LogP contribution in [-0.4, -0.2) is 73.9 Å². The van der Waals surface area contributed by atoms with Gasteiger partial charge in [-0.25, -0.2) is 0 Å². The zero-order chi connectivity index (χ0) is 15.6. The maximum atomic E-state index is 9.93. The molecule has 0 bridgehead atoms. The Balaban J connectivity index is 0. The number of carboxylic acid groups (broad SMARTS) is 1. The van der Waals surface area contributed by atoms with E-state index in [0.717, 1.165) is 6.42 Å². The maximum Gasteiger partial charge on any atom is 0.306 e. The molecule has 0 heterocycles. The lowest BCUT2D eigenvalue weighted by Gasteiger charge is -2.22. The molecule has 0 aliphatic heterocycles. The summed E-state index contributed by atoms with van der Waals surface area (Å²) in [6, 6.07) is 0. The molecule has 0 rings (SSSR count). The normalized spacial score (nSPS) is 18.3. The molecule has 0 aromatic heterocycles. The Hall–Kier alpha value is -1.06. The van der Waals surface area contributed by atoms with Crippen LogP contribution in [0.3, 0.4) is 0 Å². The Kier molecular flexibility index (Phi) is 11.5. The molecule has 0 aliphatic carbocycles. The van der Waals surface area contributed by atoms with Gasteiger partial charge < -0.3 is 35.4 Å². The van der Waals surface area contributed by atoms with Crippen molar-refractivity contribution in [2.45, 2.75) is 44.7 Å². The first-order valence-electron chi connectivity index (χ1n) is 5.74. The van der Waals surface area contributed by atoms with Gasteiger partial charge in [-0.2, -0.15) is 0 Å². The average molecular weight is 282 g/mol. The average Bonchev–Trinajstić information content (AvgIpc) is 2.43. The summed E-state index contributed by atoms with van der Waals surface area (Å²) in [5, 5.41) is 51.7.